The highest BCUT2D eigenvalue weighted by atomic mass is 35.5. The van der Waals surface area contributed by atoms with Crippen LogP contribution < -0.4 is 5.73 Å². The SMILES string of the molecule is CC(=N)/C(Cc1ccccc1)=C(\N)C1CCN(Cc2ccncc2Cl)CC1. The van der Waals surface area contributed by atoms with Gasteiger partial charge in [0.1, 0.15) is 0 Å². The maximum Gasteiger partial charge on any atom is 0.0634 e. The molecule has 0 bridgehead atoms. The number of hydrogen-bond acceptors (Lipinski definition) is 4. The van der Waals surface area contributed by atoms with Gasteiger partial charge in [-0.25, -0.2) is 0 Å². The van der Waals surface area contributed by atoms with Crippen LogP contribution in [0, 0.1) is 11.3 Å². The molecule has 2 heterocycles. The molecule has 1 fully saturated rings. The Morgan fingerprint density at radius 2 is 1.93 bits per heavy atom. The molecule has 0 unspecified atom stereocenters. The van der Waals surface area contributed by atoms with Crippen LogP contribution in [0.2, 0.25) is 5.02 Å². The molecule has 0 saturated carbocycles. The molecule has 0 spiro atoms. The van der Waals surface area contributed by atoms with Crippen molar-refractivity contribution in [1.29, 1.82) is 5.41 Å². The van der Waals surface area contributed by atoms with Crippen LogP contribution in [0.15, 0.2) is 60.1 Å². The Balaban J connectivity index is 1.65. The lowest BCUT2D eigenvalue weighted by atomic mass is 9.87. The third-order valence-corrected chi connectivity index (χ3v) is 5.64. The largest absolute Gasteiger partial charge is 0.402 e. The molecular weight excluding hydrogens is 356 g/mol. The number of benzene rings is 1. The number of pyridine rings is 1. The molecule has 0 atom stereocenters. The van der Waals surface area contributed by atoms with Gasteiger partial charge >= 0.3 is 0 Å². The number of piperidine rings is 1. The van der Waals surface area contributed by atoms with E-state index in [1.165, 1.54) is 5.56 Å². The number of nitrogens with one attached hydrogen (secondary N) is 1. The van der Waals surface area contributed by atoms with Crippen molar-refractivity contribution < 1.29 is 0 Å². The highest BCUT2D eigenvalue weighted by molar-refractivity contribution is 6.31. The maximum absolute atomic E-state index is 8.19. The van der Waals surface area contributed by atoms with Crippen LogP contribution in [-0.4, -0.2) is 28.7 Å². The van der Waals surface area contributed by atoms with Gasteiger partial charge in [0.15, 0.2) is 0 Å². The van der Waals surface area contributed by atoms with E-state index < -0.39 is 0 Å². The van der Waals surface area contributed by atoms with E-state index in [2.05, 4.69) is 22.0 Å². The lowest BCUT2D eigenvalue weighted by molar-refractivity contribution is 0.190. The number of likely N-dealkylation sites (tertiary alicyclic amines) is 1. The van der Waals surface area contributed by atoms with Crippen LogP contribution in [0.25, 0.3) is 0 Å². The van der Waals surface area contributed by atoms with Crippen molar-refractivity contribution in [2.75, 3.05) is 13.1 Å². The summed E-state index contributed by atoms with van der Waals surface area (Å²) < 4.78 is 0. The van der Waals surface area contributed by atoms with Crippen molar-refractivity contribution in [3.63, 3.8) is 0 Å². The zero-order chi connectivity index (χ0) is 19.2. The quantitative estimate of drug-likeness (QED) is 0.725. The van der Waals surface area contributed by atoms with E-state index in [9.17, 15) is 0 Å². The normalized spacial score (nSPS) is 16.8. The first-order valence-electron chi connectivity index (χ1n) is 9.43. The molecule has 0 aliphatic carbocycles. The minimum absolute atomic E-state index is 0.341. The summed E-state index contributed by atoms with van der Waals surface area (Å²) in [5, 5.41) is 8.92. The van der Waals surface area contributed by atoms with Crippen LogP contribution >= 0.6 is 11.6 Å². The fraction of sp³-hybridized carbons (Fsp3) is 0.364. The van der Waals surface area contributed by atoms with Gasteiger partial charge in [0, 0.05) is 42.7 Å². The molecule has 142 valence electrons. The van der Waals surface area contributed by atoms with E-state index in [0.717, 1.165) is 60.8 Å². The first-order chi connectivity index (χ1) is 13.0. The Labute approximate surface area is 166 Å². The molecule has 3 N–H and O–H groups in total. The summed E-state index contributed by atoms with van der Waals surface area (Å²) in [4.78, 5) is 6.47. The van der Waals surface area contributed by atoms with Gasteiger partial charge in [-0.2, -0.15) is 0 Å². The lowest BCUT2D eigenvalue weighted by Gasteiger charge is -2.33. The summed E-state index contributed by atoms with van der Waals surface area (Å²) in [6.45, 7) is 4.66. The van der Waals surface area contributed by atoms with Gasteiger partial charge in [-0.05, 0) is 55.6 Å². The Morgan fingerprint density at radius 3 is 2.56 bits per heavy atom. The predicted octanol–water partition coefficient (Wildman–Crippen LogP) is 4.44. The second kappa shape index (κ2) is 9.16. The van der Waals surface area contributed by atoms with Crippen molar-refractivity contribution in [2.24, 2.45) is 11.7 Å². The maximum atomic E-state index is 8.19. The third-order valence-electron chi connectivity index (χ3n) is 5.30. The Morgan fingerprint density at radius 1 is 1.22 bits per heavy atom. The zero-order valence-electron chi connectivity index (χ0n) is 15.8. The monoisotopic (exact) mass is 382 g/mol. The molecule has 1 aromatic carbocycles. The van der Waals surface area contributed by atoms with Gasteiger partial charge in [-0.15, -0.1) is 0 Å². The minimum Gasteiger partial charge on any atom is -0.402 e. The van der Waals surface area contributed by atoms with Gasteiger partial charge in [0.05, 0.1) is 5.02 Å². The number of hydrogen-bond donors (Lipinski definition) is 2. The second-order valence-electron chi connectivity index (χ2n) is 7.24. The van der Waals surface area contributed by atoms with Gasteiger partial charge in [-0.3, -0.25) is 9.88 Å². The summed E-state index contributed by atoms with van der Waals surface area (Å²) in [5.74, 6) is 0.341. The average molecular weight is 383 g/mol. The molecule has 27 heavy (non-hydrogen) atoms. The van der Waals surface area contributed by atoms with E-state index in [1.54, 1.807) is 12.4 Å². The standard InChI is InChI=1S/C22H27ClN4/c1-16(24)20(13-17-5-3-2-4-6-17)22(25)18-8-11-27(12-9-18)15-19-7-10-26-14-21(19)23/h2-7,10,14,18,24H,8-9,11-13,15,25H2,1H3/b22-20-,24-16?. The topological polar surface area (TPSA) is 66.0 Å². The van der Waals surface area contributed by atoms with Crippen LogP contribution in [0.3, 0.4) is 0 Å². The Bertz CT molecular complexity index is 808. The van der Waals surface area contributed by atoms with Crippen LogP contribution in [0.5, 0.6) is 0 Å². The van der Waals surface area contributed by atoms with Crippen molar-refractivity contribution in [1.82, 2.24) is 9.88 Å². The van der Waals surface area contributed by atoms with E-state index in [1.807, 2.05) is 31.2 Å². The van der Waals surface area contributed by atoms with E-state index in [0.29, 0.717) is 11.6 Å². The molecule has 5 heteroatoms. The minimum atomic E-state index is 0.341. The zero-order valence-corrected chi connectivity index (χ0v) is 16.5. The summed E-state index contributed by atoms with van der Waals surface area (Å²) in [6.07, 6.45) is 6.25. The number of allylic oxidation sites excluding steroid dienone is 2. The van der Waals surface area contributed by atoms with Gasteiger partial charge in [0.25, 0.3) is 0 Å². The molecule has 1 aliphatic heterocycles. The lowest BCUT2D eigenvalue weighted by Crippen LogP contribution is -2.35. The summed E-state index contributed by atoms with van der Waals surface area (Å²) >= 11 is 6.24. The first kappa shape index (κ1) is 19.6. The Hall–Kier alpha value is -2.17. The second-order valence-corrected chi connectivity index (χ2v) is 7.65. The van der Waals surface area contributed by atoms with Crippen molar-refractivity contribution in [3.05, 3.63) is 76.2 Å². The van der Waals surface area contributed by atoms with Crippen molar-refractivity contribution in [2.45, 2.75) is 32.7 Å². The van der Waals surface area contributed by atoms with Crippen LogP contribution in [0.1, 0.15) is 30.9 Å². The fourth-order valence-electron chi connectivity index (χ4n) is 3.67. The van der Waals surface area contributed by atoms with Crippen molar-refractivity contribution >= 4 is 17.3 Å². The number of nitrogens with two attached hydrogens (primary N) is 1. The Kier molecular flexibility index (Phi) is 6.64. The highest BCUT2D eigenvalue weighted by Crippen LogP contribution is 2.27. The fourth-order valence-corrected chi connectivity index (χ4v) is 3.85. The molecule has 1 aliphatic rings. The molecular formula is C22H27ClN4. The van der Waals surface area contributed by atoms with E-state index in [4.69, 9.17) is 22.7 Å². The summed E-state index contributed by atoms with van der Waals surface area (Å²) in [7, 11) is 0. The number of aromatic nitrogens is 1. The van der Waals surface area contributed by atoms with Gasteiger partial charge < -0.3 is 11.1 Å². The molecule has 4 nitrogen and oxygen atoms in total. The van der Waals surface area contributed by atoms with Crippen LogP contribution in [0.4, 0.5) is 0 Å². The molecule has 2 aromatic rings. The van der Waals surface area contributed by atoms with Crippen molar-refractivity contribution in [3.8, 4) is 0 Å². The third kappa shape index (κ3) is 5.18. The van der Waals surface area contributed by atoms with Gasteiger partial charge in [-0.1, -0.05) is 41.9 Å². The summed E-state index contributed by atoms with van der Waals surface area (Å²) in [5.41, 5.74) is 11.3. The molecule has 1 saturated heterocycles. The molecule has 1 aromatic heterocycles. The van der Waals surface area contributed by atoms with Gasteiger partial charge in [0.2, 0.25) is 0 Å². The predicted molar refractivity (Wildman–Crippen MR) is 112 cm³/mol. The number of rotatable bonds is 6. The number of halogens is 1. The summed E-state index contributed by atoms with van der Waals surface area (Å²) in [6, 6.07) is 12.3. The molecule has 3 rings (SSSR count). The van der Waals surface area contributed by atoms with Crippen LogP contribution in [-0.2, 0) is 13.0 Å². The average Bonchev–Trinajstić information content (AvgIpc) is 2.68. The smallest absolute Gasteiger partial charge is 0.0634 e. The van der Waals surface area contributed by atoms with E-state index >= 15 is 0 Å². The molecule has 0 amide bonds. The number of nitrogens with zero attached hydrogens (tertiary/aromatic N) is 2. The van der Waals surface area contributed by atoms with E-state index in [-0.39, 0.29) is 0 Å². The molecule has 0 radical (unpaired) electrons. The highest BCUT2D eigenvalue weighted by Gasteiger charge is 2.24. The first-order valence-corrected chi connectivity index (χ1v) is 9.81.